The number of nitrogens with zero attached hydrogens (tertiary/aromatic N) is 1. The number of hydrogen-bond acceptors (Lipinski definition) is 4. The Hall–Kier alpha value is -1.66. The van der Waals surface area contributed by atoms with Crippen LogP contribution in [0.3, 0.4) is 0 Å². The molecule has 6 heteroatoms. The fourth-order valence-corrected chi connectivity index (χ4v) is 3.65. The Balaban J connectivity index is 1.89. The van der Waals surface area contributed by atoms with Gasteiger partial charge in [0.15, 0.2) is 0 Å². The van der Waals surface area contributed by atoms with Gasteiger partial charge < -0.3 is 19.7 Å². The van der Waals surface area contributed by atoms with Gasteiger partial charge in [0.05, 0.1) is 17.7 Å². The van der Waals surface area contributed by atoms with Gasteiger partial charge in [-0.1, -0.05) is 6.07 Å². The first kappa shape index (κ1) is 14.3. The number of pyridine rings is 1. The highest BCUT2D eigenvalue weighted by molar-refractivity contribution is 5.92. The lowest BCUT2D eigenvalue weighted by Gasteiger charge is -2.42. The second kappa shape index (κ2) is 5.27. The Kier molecular flexibility index (Phi) is 3.59. The molecule has 1 aromatic rings. The van der Waals surface area contributed by atoms with Gasteiger partial charge in [0.2, 0.25) is 5.56 Å². The standard InChI is InChI=1S/C15H20N2O4/c1-21-15-6-5-10(18)9-12(15)17(8-7-15)14(20)11-3-2-4-13(19)16-11/h2-4,10,12,18H,5-9H2,1H3,(H,16,19)/t10-,12+,15-/m1/s1. The SMILES string of the molecule is CO[C@@]12CC[C@@H](O)C[C@@H]1N(C(=O)c1cccc(=O)[nH]1)CC2. The maximum absolute atomic E-state index is 12.6. The van der Waals surface area contributed by atoms with Crippen molar-refractivity contribution < 1.29 is 14.6 Å². The van der Waals surface area contributed by atoms with E-state index in [1.54, 1.807) is 24.1 Å². The monoisotopic (exact) mass is 292 g/mol. The van der Waals surface area contributed by atoms with Crippen molar-refractivity contribution in [3.63, 3.8) is 0 Å². The fraction of sp³-hybridized carbons (Fsp3) is 0.600. The molecular weight excluding hydrogens is 272 g/mol. The lowest BCUT2D eigenvalue weighted by atomic mass is 9.79. The van der Waals surface area contributed by atoms with Crippen molar-refractivity contribution in [2.24, 2.45) is 0 Å². The normalized spacial score (nSPS) is 32.0. The van der Waals surface area contributed by atoms with Gasteiger partial charge in [-0.2, -0.15) is 0 Å². The van der Waals surface area contributed by atoms with E-state index in [2.05, 4.69) is 4.98 Å². The highest BCUT2D eigenvalue weighted by Crippen LogP contribution is 2.42. The van der Waals surface area contributed by atoms with Gasteiger partial charge in [-0.25, -0.2) is 0 Å². The Labute approximate surface area is 122 Å². The molecule has 1 aliphatic carbocycles. The Morgan fingerprint density at radius 3 is 3.00 bits per heavy atom. The van der Waals surface area contributed by atoms with Crippen LogP contribution in [-0.4, -0.2) is 52.3 Å². The zero-order chi connectivity index (χ0) is 15.0. The highest BCUT2D eigenvalue weighted by atomic mass is 16.5. The van der Waals surface area contributed by atoms with E-state index in [-0.39, 0.29) is 28.8 Å². The van der Waals surface area contributed by atoms with Gasteiger partial charge in [-0.15, -0.1) is 0 Å². The van der Waals surface area contributed by atoms with Crippen LogP contribution in [0.25, 0.3) is 0 Å². The molecule has 1 aromatic heterocycles. The Bertz CT molecular complexity index is 599. The maximum atomic E-state index is 12.6. The van der Waals surface area contributed by atoms with Gasteiger partial charge in [-0.3, -0.25) is 9.59 Å². The predicted molar refractivity (Wildman–Crippen MR) is 76.1 cm³/mol. The number of amides is 1. The minimum absolute atomic E-state index is 0.137. The summed E-state index contributed by atoms with van der Waals surface area (Å²) in [5, 5.41) is 9.93. The molecule has 6 nitrogen and oxygen atoms in total. The number of aromatic amines is 1. The number of aromatic nitrogens is 1. The van der Waals surface area contributed by atoms with E-state index >= 15 is 0 Å². The van der Waals surface area contributed by atoms with Crippen molar-refractivity contribution in [3.8, 4) is 0 Å². The lowest BCUT2D eigenvalue weighted by Crippen LogP contribution is -2.53. The topological polar surface area (TPSA) is 82.6 Å². The first-order chi connectivity index (χ1) is 10.1. The number of rotatable bonds is 2. The summed E-state index contributed by atoms with van der Waals surface area (Å²) in [4.78, 5) is 28.3. The summed E-state index contributed by atoms with van der Waals surface area (Å²) in [6.07, 6.45) is 2.35. The average Bonchev–Trinajstić information content (AvgIpc) is 2.86. The van der Waals surface area contributed by atoms with Crippen LogP contribution in [0.15, 0.2) is 23.0 Å². The summed E-state index contributed by atoms with van der Waals surface area (Å²) in [7, 11) is 1.67. The average molecular weight is 292 g/mol. The fourth-order valence-electron chi connectivity index (χ4n) is 3.65. The molecule has 3 rings (SSSR count). The summed E-state index contributed by atoms with van der Waals surface area (Å²) >= 11 is 0. The van der Waals surface area contributed by atoms with Crippen molar-refractivity contribution in [3.05, 3.63) is 34.2 Å². The molecule has 1 saturated heterocycles. The molecule has 2 N–H and O–H groups in total. The zero-order valence-electron chi connectivity index (χ0n) is 12.0. The van der Waals surface area contributed by atoms with Crippen molar-refractivity contribution in [2.45, 2.75) is 43.4 Å². The number of H-pyrrole nitrogens is 1. The summed E-state index contributed by atoms with van der Waals surface area (Å²) < 4.78 is 5.71. The van der Waals surface area contributed by atoms with Crippen molar-refractivity contribution in [1.82, 2.24) is 9.88 Å². The molecule has 21 heavy (non-hydrogen) atoms. The summed E-state index contributed by atoms with van der Waals surface area (Å²) in [5.41, 5.74) is -0.361. The predicted octanol–water partition coefficient (Wildman–Crippen LogP) is 0.519. The molecule has 1 aliphatic heterocycles. The smallest absolute Gasteiger partial charge is 0.270 e. The highest BCUT2D eigenvalue weighted by Gasteiger charge is 2.52. The van der Waals surface area contributed by atoms with Crippen LogP contribution in [0.4, 0.5) is 0 Å². The molecule has 1 saturated carbocycles. The van der Waals surface area contributed by atoms with Gasteiger partial charge in [0.25, 0.3) is 5.91 Å². The third-order valence-electron chi connectivity index (χ3n) is 4.82. The Morgan fingerprint density at radius 2 is 2.29 bits per heavy atom. The first-order valence-corrected chi connectivity index (χ1v) is 7.29. The lowest BCUT2D eigenvalue weighted by molar-refractivity contribution is -0.0824. The van der Waals surface area contributed by atoms with E-state index in [0.717, 1.165) is 12.8 Å². The molecule has 3 atom stereocenters. The molecule has 0 radical (unpaired) electrons. The largest absolute Gasteiger partial charge is 0.393 e. The van der Waals surface area contributed by atoms with Gasteiger partial charge in [0.1, 0.15) is 5.69 Å². The summed E-state index contributed by atoms with van der Waals surface area (Å²) in [6, 6.07) is 4.42. The minimum Gasteiger partial charge on any atom is -0.393 e. The Morgan fingerprint density at radius 1 is 1.48 bits per heavy atom. The van der Waals surface area contributed by atoms with Crippen molar-refractivity contribution >= 4 is 5.91 Å². The van der Waals surface area contributed by atoms with Crippen LogP contribution in [-0.2, 0) is 4.74 Å². The van der Waals surface area contributed by atoms with E-state index in [1.165, 1.54) is 6.07 Å². The molecular formula is C15H20N2O4. The number of fused-ring (bicyclic) bond motifs is 1. The molecule has 0 unspecified atom stereocenters. The van der Waals surface area contributed by atoms with Gasteiger partial charge >= 0.3 is 0 Å². The van der Waals surface area contributed by atoms with E-state index in [9.17, 15) is 14.7 Å². The van der Waals surface area contributed by atoms with Crippen LogP contribution < -0.4 is 5.56 Å². The van der Waals surface area contributed by atoms with E-state index < -0.39 is 6.10 Å². The number of aliphatic hydroxyl groups excluding tert-OH is 1. The number of methoxy groups -OCH3 is 1. The van der Waals surface area contributed by atoms with Crippen molar-refractivity contribution in [1.29, 1.82) is 0 Å². The molecule has 0 bridgehead atoms. The number of carbonyl (C=O) groups is 1. The quantitative estimate of drug-likeness (QED) is 0.832. The van der Waals surface area contributed by atoms with E-state index in [1.807, 2.05) is 0 Å². The van der Waals surface area contributed by atoms with Gasteiger partial charge in [0, 0.05) is 19.7 Å². The first-order valence-electron chi connectivity index (χ1n) is 7.29. The molecule has 2 fully saturated rings. The second-order valence-corrected chi connectivity index (χ2v) is 5.89. The van der Waals surface area contributed by atoms with E-state index in [4.69, 9.17) is 4.74 Å². The minimum atomic E-state index is -0.401. The van der Waals surface area contributed by atoms with Crippen LogP contribution >= 0.6 is 0 Å². The number of aliphatic hydroxyl groups is 1. The number of nitrogens with one attached hydrogen (secondary N) is 1. The molecule has 2 aliphatic rings. The van der Waals surface area contributed by atoms with Crippen molar-refractivity contribution in [2.75, 3.05) is 13.7 Å². The summed E-state index contributed by atoms with van der Waals surface area (Å²) in [6.45, 7) is 0.584. The van der Waals surface area contributed by atoms with Crippen LogP contribution in [0.5, 0.6) is 0 Å². The van der Waals surface area contributed by atoms with Crippen LogP contribution in [0, 0.1) is 0 Å². The third-order valence-corrected chi connectivity index (χ3v) is 4.82. The molecule has 0 aromatic carbocycles. The second-order valence-electron chi connectivity index (χ2n) is 5.89. The molecule has 2 heterocycles. The number of hydrogen-bond donors (Lipinski definition) is 2. The molecule has 114 valence electrons. The molecule has 1 amide bonds. The van der Waals surface area contributed by atoms with Crippen LogP contribution in [0.1, 0.15) is 36.2 Å². The third kappa shape index (κ3) is 2.38. The number of carbonyl (C=O) groups excluding carboxylic acids is 1. The zero-order valence-corrected chi connectivity index (χ0v) is 12.0. The van der Waals surface area contributed by atoms with Crippen LogP contribution in [0.2, 0.25) is 0 Å². The number of likely N-dealkylation sites (tertiary alicyclic amines) is 1. The number of ether oxygens (including phenoxy) is 1. The molecule has 0 spiro atoms. The van der Waals surface area contributed by atoms with Gasteiger partial charge in [-0.05, 0) is 31.7 Å². The maximum Gasteiger partial charge on any atom is 0.270 e. The van der Waals surface area contributed by atoms with E-state index in [0.29, 0.717) is 19.4 Å². The summed E-state index contributed by atoms with van der Waals surface area (Å²) in [5.74, 6) is -0.203.